The smallest absolute Gasteiger partial charge is 0.201 e. The summed E-state index contributed by atoms with van der Waals surface area (Å²) in [5, 5.41) is 0.554. The molecule has 0 saturated heterocycles. The minimum absolute atomic E-state index is 0.0137. The summed E-state index contributed by atoms with van der Waals surface area (Å²) in [5.74, 6) is -1.56. The topological polar surface area (TPSA) is 39.1 Å². The number of fused-ring (bicyclic) bond motifs is 3. The third kappa shape index (κ3) is 1.27. The maximum absolute atomic E-state index is 13.1. The third-order valence-corrected chi connectivity index (χ3v) is 3.84. The monoisotopic (exact) mass is 253 g/mol. The van der Waals surface area contributed by atoms with Crippen molar-refractivity contribution < 1.29 is 13.6 Å². The first-order chi connectivity index (χ1) is 8.13. The Balaban J connectivity index is 2.56. The fourth-order valence-corrected chi connectivity index (χ4v) is 2.80. The Morgan fingerprint density at radius 3 is 2.59 bits per heavy atom. The fraction of sp³-hybridized carbons (Fsp3) is 0.0909. The second-order valence-electron chi connectivity index (χ2n) is 3.65. The summed E-state index contributed by atoms with van der Waals surface area (Å²) in [4.78, 5) is 22.7. The summed E-state index contributed by atoms with van der Waals surface area (Å²) >= 11 is 1.34. The summed E-state index contributed by atoms with van der Waals surface area (Å²) in [6.07, 6.45) is 0.459. The van der Waals surface area contributed by atoms with Crippen molar-refractivity contribution in [1.82, 2.24) is 4.57 Å². The summed E-state index contributed by atoms with van der Waals surface area (Å²) in [6.45, 7) is 0. The second-order valence-corrected chi connectivity index (χ2v) is 4.58. The van der Waals surface area contributed by atoms with Gasteiger partial charge in [-0.15, -0.1) is 0 Å². The molecule has 0 atom stereocenters. The van der Waals surface area contributed by atoms with Crippen LogP contribution >= 0.6 is 11.8 Å². The molecule has 0 spiro atoms. The number of benzene rings is 1. The van der Waals surface area contributed by atoms with E-state index in [1.807, 2.05) is 0 Å². The number of hydrogen-bond acceptors (Lipinski definition) is 3. The highest BCUT2D eigenvalue weighted by Crippen LogP contribution is 2.35. The van der Waals surface area contributed by atoms with Gasteiger partial charge < -0.3 is 4.57 Å². The van der Waals surface area contributed by atoms with Gasteiger partial charge in [0.05, 0.1) is 22.0 Å². The van der Waals surface area contributed by atoms with Crippen LogP contribution in [0.2, 0.25) is 0 Å². The average Bonchev–Trinajstić information content (AvgIpc) is 2.26. The van der Waals surface area contributed by atoms with Crippen LogP contribution in [0, 0.1) is 11.6 Å². The lowest BCUT2D eigenvalue weighted by molar-refractivity contribution is 0.111. The molecule has 2 heterocycles. The molecule has 6 heteroatoms. The zero-order valence-corrected chi connectivity index (χ0v) is 9.18. The molecule has 0 bridgehead atoms. The number of carbonyl (C=O) groups is 1. The van der Waals surface area contributed by atoms with E-state index in [0.29, 0.717) is 22.7 Å². The predicted octanol–water partition coefficient (Wildman–Crippen LogP) is 2.16. The minimum atomic E-state index is -1.08. The van der Waals surface area contributed by atoms with Gasteiger partial charge in [0.25, 0.3) is 0 Å². The van der Waals surface area contributed by atoms with Crippen LogP contribution < -0.4 is 5.43 Å². The Bertz CT molecular complexity index is 724. The van der Waals surface area contributed by atoms with Crippen molar-refractivity contribution in [1.29, 1.82) is 0 Å². The predicted molar refractivity (Wildman–Crippen MR) is 59.4 cm³/mol. The SMILES string of the molecule is O=Cc1c2n(c3cc(F)c(F)cc3c1=O)CS2. The molecule has 0 saturated carbocycles. The molecule has 86 valence electrons. The van der Waals surface area contributed by atoms with Gasteiger partial charge in [0, 0.05) is 11.5 Å². The van der Waals surface area contributed by atoms with Crippen molar-refractivity contribution in [2.24, 2.45) is 0 Å². The molecule has 0 aliphatic carbocycles. The second kappa shape index (κ2) is 3.40. The highest BCUT2D eigenvalue weighted by Gasteiger charge is 2.24. The first-order valence-corrected chi connectivity index (χ1v) is 5.75. The first kappa shape index (κ1) is 10.5. The normalized spacial score (nSPS) is 13.3. The van der Waals surface area contributed by atoms with Crippen molar-refractivity contribution in [2.75, 3.05) is 0 Å². The van der Waals surface area contributed by atoms with Crippen LogP contribution in [0.3, 0.4) is 0 Å². The molecule has 17 heavy (non-hydrogen) atoms. The van der Waals surface area contributed by atoms with Crippen molar-refractivity contribution in [3.05, 3.63) is 39.6 Å². The summed E-state index contributed by atoms with van der Waals surface area (Å²) < 4.78 is 27.9. The van der Waals surface area contributed by atoms with Crippen molar-refractivity contribution in [2.45, 2.75) is 10.9 Å². The molecule has 0 N–H and O–H groups in total. The maximum atomic E-state index is 13.1. The minimum Gasteiger partial charge on any atom is -0.324 e. The molecule has 3 rings (SSSR count). The molecule has 1 aromatic carbocycles. The number of carbonyl (C=O) groups excluding carboxylic acids is 1. The number of rotatable bonds is 1. The van der Waals surface area contributed by atoms with Gasteiger partial charge >= 0.3 is 0 Å². The van der Waals surface area contributed by atoms with Crippen molar-refractivity contribution in [3.63, 3.8) is 0 Å². The quantitative estimate of drug-likeness (QED) is 0.731. The van der Waals surface area contributed by atoms with E-state index in [9.17, 15) is 18.4 Å². The molecule has 0 radical (unpaired) electrons. The zero-order chi connectivity index (χ0) is 12.2. The molecular weight excluding hydrogens is 248 g/mol. The maximum Gasteiger partial charge on any atom is 0.201 e. The molecule has 0 unspecified atom stereocenters. The number of aromatic nitrogens is 1. The molecule has 0 amide bonds. The van der Waals surface area contributed by atoms with Crippen LogP contribution in [-0.2, 0) is 5.88 Å². The Hall–Kier alpha value is -1.69. The highest BCUT2D eigenvalue weighted by molar-refractivity contribution is 7.99. The lowest BCUT2D eigenvalue weighted by Gasteiger charge is -2.25. The van der Waals surface area contributed by atoms with E-state index in [4.69, 9.17) is 0 Å². The van der Waals surface area contributed by atoms with E-state index >= 15 is 0 Å². The summed E-state index contributed by atoms with van der Waals surface area (Å²) in [5.41, 5.74) is -0.208. The highest BCUT2D eigenvalue weighted by atomic mass is 32.2. The van der Waals surface area contributed by atoms with Crippen LogP contribution in [0.1, 0.15) is 10.4 Å². The van der Waals surface area contributed by atoms with E-state index in [-0.39, 0.29) is 10.9 Å². The number of thioether (sulfide) groups is 1. The van der Waals surface area contributed by atoms with Gasteiger partial charge in [-0.3, -0.25) is 9.59 Å². The lowest BCUT2D eigenvalue weighted by Crippen LogP contribution is -2.22. The van der Waals surface area contributed by atoms with Crippen molar-refractivity contribution in [3.8, 4) is 0 Å². The molecule has 2 aromatic rings. The number of pyridine rings is 1. The lowest BCUT2D eigenvalue weighted by atomic mass is 10.1. The number of aldehydes is 1. The summed E-state index contributed by atoms with van der Waals surface area (Å²) in [7, 11) is 0. The number of hydrogen-bond donors (Lipinski definition) is 0. The van der Waals surface area contributed by atoms with E-state index in [1.165, 1.54) is 11.8 Å². The van der Waals surface area contributed by atoms with E-state index in [0.717, 1.165) is 12.1 Å². The van der Waals surface area contributed by atoms with Crippen LogP contribution in [-0.4, -0.2) is 10.9 Å². The van der Waals surface area contributed by atoms with Gasteiger partial charge in [0.1, 0.15) is 0 Å². The Morgan fingerprint density at radius 1 is 1.29 bits per heavy atom. The van der Waals surface area contributed by atoms with Crippen LogP contribution in [0.4, 0.5) is 8.78 Å². The molecular formula is C11H5F2NO2S. The summed E-state index contributed by atoms with van der Waals surface area (Å²) in [6, 6.07) is 1.83. The van der Waals surface area contributed by atoms with Gasteiger partial charge in [-0.2, -0.15) is 0 Å². The zero-order valence-electron chi connectivity index (χ0n) is 8.37. The fourth-order valence-electron chi connectivity index (χ4n) is 1.88. The third-order valence-electron chi connectivity index (χ3n) is 2.74. The molecule has 0 fully saturated rings. The molecule has 3 nitrogen and oxygen atoms in total. The van der Waals surface area contributed by atoms with Gasteiger partial charge in [0.2, 0.25) is 5.43 Å². The van der Waals surface area contributed by atoms with Gasteiger partial charge in [-0.05, 0) is 6.07 Å². The Labute approximate surface area is 98.0 Å². The number of halogens is 2. The largest absolute Gasteiger partial charge is 0.324 e. The standard InChI is InChI=1S/C11H5F2NO2S/c12-7-1-5-9(2-8(7)13)14-4-17-11(14)6(3-15)10(5)16/h1-3H,4H2. The van der Waals surface area contributed by atoms with Crippen LogP contribution in [0.5, 0.6) is 0 Å². The van der Waals surface area contributed by atoms with Gasteiger partial charge in [0.15, 0.2) is 17.9 Å². The number of nitrogens with zero attached hydrogens (tertiary/aromatic N) is 1. The molecule has 1 aliphatic rings. The van der Waals surface area contributed by atoms with Crippen LogP contribution in [0.15, 0.2) is 22.0 Å². The van der Waals surface area contributed by atoms with E-state index in [1.54, 1.807) is 4.57 Å². The van der Waals surface area contributed by atoms with Gasteiger partial charge in [-0.1, -0.05) is 11.8 Å². The van der Waals surface area contributed by atoms with Crippen molar-refractivity contribution >= 4 is 29.0 Å². The van der Waals surface area contributed by atoms with Crippen LogP contribution in [0.25, 0.3) is 10.9 Å². The Morgan fingerprint density at radius 2 is 2.00 bits per heavy atom. The molecule has 1 aromatic heterocycles. The van der Waals surface area contributed by atoms with E-state index in [2.05, 4.69) is 0 Å². The van der Waals surface area contributed by atoms with E-state index < -0.39 is 17.1 Å². The average molecular weight is 253 g/mol. The Kier molecular flexibility index (Phi) is 2.09. The molecule has 1 aliphatic heterocycles. The first-order valence-electron chi connectivity index (χ1n) is 4.77. The van der Waals surface area contributed by atoms with Gasteiger partial charge in [-0.25, -0.2) is 8.78 Å².